The van der Waals surface area contributed by atoms with Gasteiger partial charge in [-0.05, 0) is 56.3 Å². The summed E-state index contributed by atoms with van der Waals surface area (Å²) >= 11 is 0. The third kappa shape index (κ3) is 5.55. The van der Waals surface area contributed by atoms with Crippen molar-refractivity contribution >= 4 is 11.8 Å². The Kier molecular flexibility index (Phi) is 7.27. The third-order valence-electron chi connectivity index (χ3n) is 5.89. The first kappa shape index (κ1) is 19.9. The molecule has 27 heavy (non-hydrogen) atoms. The van der Waals surface area contributed by atoms with Crippen LogP contribution in [-0.2, 0) is 11.3 Å². The lowest BCUT2D eigenvalue weighted by Gasteiger charge is -2.35. The van der Waals surface area contributed by atoms with Gasteiger partial charge in [-0.2, -0.15) is 0 Å². The van der Waals surface area contributed by atoms with Crippen molar-refractivity contribution in [2.24, 2.45) is 0 Å². The van der Waals surface area contributed by atoms with Crippen LogP contribution >= 0.6 is 0 Å². The fraction of sp³-hybridized carbons (Fsp3) is 0.636. The van der Waals surface area contributed by atoms with Gasteiger partial charge >= 0.3 is 0 Å². The van der Waals surface area contributed by atoms with Gasteiger partial charge < -0.3 is 15.1 Å². The molecule has 0 aromatic heterocycles. The van der Waals surface area contributed by atoms with E-state index in [1.54, 1.807) is 0 Å². The number of benzene rings is 1. The molecule has 2 fully saturated rings. The molecule has 1 aromatic carbocycles. The Morgan fingerprint density at radius 2 is 1.96 bits per heavy atom. The molecule has 3 rings (SSSR count). The van der Waals surface area contributed by atoms with Crippen molar-refractivity contribution in [2.45, 2.75) is 64.5 Å². The SMILES string of the molecule is CC[C@@H]1CCCCN1CCCNC(=O)c1ccc(CN2CCCC2=O)cc1. The number of carbonyl (C=O) groups is 2. The highest BCUT2D eigenvalue weighted by Crippen LogP contribution is 2.19. The van der Waals surface area contributed by atoms with Gasteiger partial charge in [-0.25, -0.2) is 0 Å². The first-order valence-corrected chi connectivity index (χ1v) is 10.6. The molecule has 0 saturated carbocycles. The number of hydrogen-bond acceptors (Lipinski definition) is 3. The maximum absolute atomic E-state index is 12.3. The molecule has 148 valence electrons. The van der Waals surface area contributed by atoms with Gasteiger partial charge in [0, 0.05) is 44.2 Å². The summed E-state index contributed by atoms with van der Waals surface area (Å²) < 4.78 is 0. The Labute approximate surface area is 163 Å². The number of nitrogens with zero attached hydrogens (tertiary/aromatic N) is 2. The molecular weight excluding hydrogens is 338 g/mol. The van der Waals surface area contributed by atoms with Crippen LogP contribution < -0.4 is 5.32 Å². The molecule has 1 aromatic rings. The summed E-state index contributed by atoms with van der Waals surface area (Å²) in [5, 5.41) is 3.04. The number of amides is 2. The van der Waals surface area contributed by atoms with Crippen LogP contribution in [0.15, 0.2) is 24.3 Å². The van der Waals surface area contributed by atoms with Gasteiger partial charge in [0.05, 0.1) is 0 Å². The molecule has 2 aliphatic heterocycles. The average molecular weight is 372 g/mol. The van der Waals surface area contributed by atoms with Crippen molar-refractivity contribution in [3.05, 3.63) is 35.4 Å². The van der Waals surface area contributed by atoms with Crippen LogP contribution in [0, 0.1) is 0 Å². The van der Waals surface area contributed by atoms with E-state index in [9.17, 15) is 9.59 Å². The Morgan fingerprint density at radius 1 is 1.15 bits per heavy atom. The van der Waals surface area contributed by atoms with Gasteiger partial charge in [-0.1, -0.05) is 25.5 Å². The second-order valence-electron chi connectivity index (χ2n) is 7.82. The molecule has 0 bridgehead atoms. The molecule has 0 unspecified atom stereocenters. The first-order chi connectivity index (χ1) is 13.2. The molecule has 1 N–H and O–H groups in total. The van der Waals surface area contributed by atoms with Gasteiger partial charge in [-0.3, -0.25) is 9.59 Å². The van der Waals surface area contributed by atoms with Crippen LogP contribution in [0.3, 0.4) is 0 Å². The molecule has 2 aliphatic rings. The Bertz CT molecular complexity index is 629. The van der Waals surface area contributed by atoms with Crippen LogP contribution in [0.1, 0.15) is 67.8 Å². The van der Waals surface area contributed by atoms with E-state index in [2.05, 4.69) is 17.1 Å². The average Bonchev–Trinajstić information content (AvgIpc) is 3.10. The van der Waals surface area contributed by atoms with Gasteiger partial charge in [0.2, 0.25) is 5.91 Å². The summed E-state index contributed by atoms with van der Waals surface area (Å²) in [7, 11) is 0. The smallest absolute Gasteiger partial charge is 0.251 e. The van der Waals surface area contributed by atoms with Crippen LogP contribution in [0.25, 0.3) is 0 Å². The van der Waals surface area contributed by atoms with E-state index in [1.165, 1.54) is 32.2 Å². The highest BCUT2D eigenvalue weighted by Gasteiger charge is 2.21. The number of nitrogens with one attached hydrogen (secondary N) is 1. The summed E-state index contributed by atoms with van der Waals surface area (Å²) in [6, 6.07) is 8.37. The summed E-state index contributed by atoms with van der Waals surface area (Å²) in [6.45, 7) is 6.75. The lowest BCUT2D eigenvalue weighted by atomic mass is 10.00. The highest BCUT2D eigenvalue weighted by atomic mass is 16.2. The maximum Gasteiger partial charge on any atom is 0.251 e. The topological polar surface area (TPSA) is 52.7 Å². The summed E-state index contributed by atoms with van der Waals surface area (Å²) in [4.78, 5) is 28.5. The zero-order chi connectivity index (χ0) is 19.1. The molecule has 5 heteroatoms. The van der Waals surface area contributed by atoms with E-state index in [1.807, 2.05) is 29.2 Å². The highest BCUT2D eigenvalue weighted by molar-refractivity contribution is 5.94. The standard InChI is InChI=1S/C22H33N3O2/c1-2-20-7-3-4-14-24(20)16-6-13-23-22(27)19-11-9-18(10-12-19)17-25-15-5-8-21(25)26/h9-12,20H,2-8,13-17H2,1H3,(H,23,27)/t20-/m1/s1. The van der Waals surface area contributed by atoms with Crippen molar-refractivity contribution in [1.82, 2.24) is 15.1 Å². The normalized spacial score (nSPS) is 20.9. The second kappa shape index (κ2) is 9.88. The number of carbonyl (C=O) groups excluding carboxylic acids is 2. The maximum atomic E-state index is 12.3. The Morgan fingerprint density at radius 3 is 2.67 bits per heavy atom. The minimum absolute atomic E-state index is 0.00974. The van der Waals surface area contributed by atoms with E-state index in [-0.39, 0.29) is 11.8 Å². The first-order valence-electron chi connectivity index (χ1n) is 10.6. The van der Waals surface area contributed by atoms with Gasteiger partial charge in [0.25, 0.3) is 5.91 Å². The quantitative estimate of drug-likeness (QED) is 0.714. The number of piperidine rings is 1. The van der Waals surface area contributed by atoms with Crippen molar-refractivity contribution in [3.8, 4) is 0 Å². The largest absolute Gasteiger partial charge is 0.352 e. The van der Waals surface area contributed by atoms with Crippen LogP contribution in [0.5, 0.6) is 0 Å². The van der Waals surface area contributed by atoms with Crippen molar-refractivity contribution in [2.75, 3.05) is 26.2 Å². The fourth-order valence-electron chi connectivity index (χ4n) is 4.26. The van der Waals surface area contributed by atoms with Gasteiger partial charge in [-0.15, -0.1) is 0 Å². The minimum atomic E-state index is -0.00974. The summed E-state index contributed by atoms with van der Waals surface area (Å²) in [5.41, 5.74) is 1.77. The fourth-order valence-corrected chi connectivity index (χ4v) is 4.26. The van der Waals surface area contributed by atoms with Crippen molar-refractivity contribution in [3.63, 3.8) is 0 Å². The molecule has 1 atom stereocenters. The van der Waals surface area contributed by atoms with Gasteiger partial charge in [0.15, 0.2) is 0 Å². The van der Waals surface area contributed by atoms with Crippen LogP contribution in [0.4, 0.5) is 0 Å². The molecule has 0 spiro atoms. The molecule has 5 nitrogen and oxygen atoms in total. The zero-order valence-electron chi connectivity index (χ0n) is 16.6. The predicted octanol–water partition coefficient (Wildman–Crippen LogP) is 3.19. The van der Waals surface area contributed by atoms with Gasteiger partial charge in [0.1, 0.15) is 0 Å². The molecular formula is C22H33N3O2. The Balaban J connectivity index is 1.39. The monoisotopic (exact) mass is 371 g/mol. The molecule has 0 radical (unpaired) electrons. The zero-order valence-corrected chi connectivity index (χ0v) is 16.6. The van der Waals surface area contributed by atoms with Crippen LogP contribution in [0.2, 0.25) is 0 Å². The lowest BCUT2D eigenvalue weighted by molar-refractivity contribution is -0.128. The summed E-state index contributed by atoms with van der Waals surface area (Å²) in [5.74, 6) is 0.223. The minimum Gasteiger partial charge on any atom is -0.352 e. The van der Waals surface area contributed by atoms with E-state index < -0.39 is 0 Å². The summed E-state index contributed by atoms with van der Waals surface area (Å²) in [6.07, 6.45) is 7.82. The lowest BCUT2D eigenvalue weighted by Crippen LogP contribution is -2.40. The molecule has 2 amide bonds. The number of likely N-dealkylation sites (tertiary alicyclic amines) is 2. The number of hydrogen-bond donors (Lipinski definition) is 1. The van der Waals surface area contributed by atoms with Crippen LogP contribution in [-0.4, -0.2) is 53.8 Å². The predicted molar refractivity (Wildman–Crippen MR) is 108 cm³/mol. The number of rotatable bonds is 8. The van der Waals surface area contributed by atoms with E-state index in [4.69, 9.17) is 0 Å². The molecule has 2 saturated heterocycles. The van der Waals surface area contributed by atoms with E-state index >= 15 is 0 Å². The third-order valence-corrected chi connectivity index (χ3v) is 5.89. The van der Waals surface area contributed by atoms with Crippen molar-refractivity contribution < 1.29 is 9.59 Å². The Hall–Kier alpha value is -1.88. The molecule has 2 heterocycles. The second-order valence-corrected chi connectivity index (χ2v) is 7.82. The molecule has 0 aliphatic carbocycles. The van der Waals surface area contributed by atoms with E-state index in [0.29, 0.717) is 18.5 Å². The van der Waals surface area contributed by atoms with E-state index in [0.717, 1.165) is 44.1 Å². The van der Waals surface area contributed by atoms with Crippen molar-refractivity contribution in [1.29, 1.82) is 0 Å².